The first-order chi connectivity index (χ1) is 14.9. The zero-order valence-corrected chi connectivity index (χ0v) is 17.5. The minimum Gasteiger partial charge on any atom is -0.450 e. The molecule has 0 bridgehead atoms. The van der Waals surface area contributed by atoms with Gasteiger partial charge in [-0.3, -0.25) is 4.90 Å². The van der Waals surface area contributed by atoms with E-state index in [1.165, 1.54) is 11.0 Å². The maximum atomic E-state index is 14.9. The Morgan fingerprint density at radius 3 is 2.71 bits per heavy atom. The molecule has 2 aliphatic heterocycles. The molecule has 1 atom stereocenters. The van der Waals surface area contributed by atoms with Crippen molar-refractivity contribution in [3.8, 4) is 0 Å². The monoisotopic (exact) mass is 432 g/mol. The molecule has 10 nitrogen and oxygen atoms in total. The third kappa shape index (κ3) is 4.54. The van der Waals surface area contributed by atoms with Crippen LogP contribution < -0.4 is 9.80 Å². The van der Waals surface area contributed by atoms with Crippen molar-refractivity contribution in [3.63, 3.8) is 0 Å². The topological polar surface area (TPSA) is 93.0 Å². The van der Waals surface area contributed by atoms with E-state index >= 15 is 0 Å². The first-order valence-electron chi connectivity index (χ1n) is 10.3. The molecule has 0 N–H and O–H groups in total. The number of halogens is 1. The number of aryl methyl sites for hydroxylation is 1. The minimum absolute atomic E-state index is 0.300. The standard InChI is InChI=1S/C20H25FN6O4/c1-3-30-19(28)25-8-6-24(7-9-25)18-5-4-15(10-17(18)21)27-13-16(31-20(27)29)12-26-11-14(2)22-23-26/h4-5,10-11,16H,3,6-9,12-13H2,1-2H3/t16-/m0/s1. The first kappa shape index (κ1) is 20.9. The van der Waals surface area contributed by atoms with Crippen molar-refractivity contribution in [2.75, 3.05) is 49.1 Å². The van der Waals surface area contributed by atoms with E-state index in [0.29, 0.717) is 57.3 Å². The molecule has 0 aliphatic carbocycles. The van der Waals surface area contributed by atoms with Gasteiger partial charge in [-0.25, -0.2) is 18.7 Å². The second-order valence-electron chi connectivity index (χ2n) is 7.51. The van der Waals surface area contributed by atoms with Crippen molar-refractivity contribution < 1.29 is 23.5 Å². The number of anilines is 2. The van der Waals surface area contributed by atoms with E-state index in [1.54, 1.807) is 34.8 Å². The summed E-state index contributed by atoms with van der Waals surface area (Å²) in [7, 11) is 0. The Labute approximate surface area is 179 Å². The maximum Gasteiger partial charge on any atom is 0.414 e. The van der Waals surface area contributed by atoms with Crippen molar-refractivity contribution >= 4 is 23.6 Å². The quantitative estimate of drug-likeness (QED) is 0.714. The fourth-order valence-corrected chi connectivity index (χ4v) is 3.79. The van der Waals surface area contributed by atoms with Gasteiger partial charge in [0, 0.05) is 32.4 Å². The van der Waals surface area contributed by atoms with E-state index in [1.807, 2.05) is 11.8 Å². The van der Waals surface area contributed by atoms with Crippen LogP contribution in [-0.2, 0) is 16.0 Å². The molecule has 2 aromatic rings. The van der Waals surface area contributed by atoms with Crippen LogP contribution in [0.15, 0.2) is 24.4 Å². The van der Waals surface area contributed by atoms with Crippen molar-refractivity contribution in [1.29, 1.82) is 0 Å². The number of hydrogen-bond donors (Lipinski definition) is 0. The molecule has 3 heterocycles. The molecular weight excluding hydrogens is 407 g/mol. The number of amides is 2. The minimum atomic E-state index is -0.517. The van der Waals surface area contributed by atoms with Gasteiger partial charge in [0.25, 0.3) is 0 Å². The summed E-state index contributed by atoms with van der Waals surface area (Å²) in [5.41, 5.74) is 1.66. The molecule has 1 aromatic heterocycles. The number of benzene rings is 1. The molecule has 0 spiro atoms. The van der Waals surface area contributed by atoms with Gasteiger partial charge in [-0.05, 0) is 32.0 Å². The molecule has 2 amide bonds. The van der Waals surface area contributed by atoms with Crippen LogP contribution in [0.3, 0.4) is 0 Å². The van der Waals surface area contributed by atoms with Crippen molar-refractivity contribution in [2.45, 2.75) is 26.5 Å². The number of cyclic esters (lactones) is 1. The summed E-state index contributed by atoms with van der Waals surface area (Å²) < 4.78 is 26.9. The molecule has 0 unspecified atom stereocenters. The lowest BCUT2D eigenvalue weighted by Crippen LogP contribution is -2.49. The maximum absolute atomic E-state index is 14.9. The third-order valence-corrected chi connectivity index (χ3v) is 5.31. The van der Waals surface area contributed by atoms with Crippen LogP contribution in [0.1, 0.15) is 12.6 Å². The molecule has 31 heavy (non-hydrogen) atoms. The molecule has 2 saturated heterocycles. The fraction of sp³-hybridized carbons (Fsp3) is 0.500. The average molecular weight is 432 g/mol. The number of piperazine rings is 1. The van der Waals surface area contributed by atoms with E-state index in [-0.39, 0.29) is 6.09 Å². The number of carbonyl (C=O) groups is 2. The first-order valence-corrected chi connectivity index (χ1v) is 10.3. The highest BCUT2D eigenvalue weighted by atomic mass is 19.1. The van der Waals surface area contributed by atoms with Crippen LogP contribution in [0.5, 0.6) is 0 Å². The van der Waals surface area contributed by atoms with Crippen LogP contribution in [0.25, 0.3) is 0 Å². The van der Waals surface area contributed by atoms with Crippen LogP contribution in [-0.4, -0.2) is 77.5 Å². The van der Waals surface area contributed by atoms with Gasteiger partial charge in [0.1, 0.15) is 11.9 Å². The predicted octanol–water partition coefficient (Wildman–Crippen LogP) is 2.03. The van der Waals surface area contributed by atoms with Gasteiger partial charge in [0.05, 0.1) is 36.8 Å². The molecule has 0 saturated carbocycles. The second-order valence-corrected chi connectivity index (χ2v) is 7.51. The van der Waals surface area contributed by atoms with E-state index in [4.69, 9.17) is 9.47 Å². The van der Waals surface area contributed by atoms with Gasteiger partial charge in [-0.2, -0.15) is 0 Å². The highest BCUT2D eigenvalue weighted by molar-refractivity contribution is 5.90. The summed E-state index contributed by atoms with van der Waals surface area (Å²) in [4.78, 5) is 29.0. The van der Waals surface area contributed by atoms with Gasteiger partial charge < -0.3 is 19.3 Å². The Balaban J connectivity index is 1.38. The van der Waals surface area contributed by atoms with Crippen LogP contribution in [0.4, 0.5) is 25.4 Å². The van der Waals surface area contributed by atoms with Crippen molar-refractivity contribution in [2.24, 2.45) is 0 Å². The molecule has 2 aliphatic rings. The lowest BCUT2D eigenvalue weighted by molar-refractivity contribution is 0.105. The summed E-state index contributed by atoms with van der Waals surface area (Å²) in [5, 5.41) is 7.88. The number of carbonyl (C=O) groups excluding carboxylic acids is 2. The smallest absolute Gasteiger partial charge is 0.414 e. The summed E-state index contributed by atoms with van der Waals surface area (Å²) in [5.74, 6) is -0.426. The molecule has 0 radical (unpaired) electrons. The molecular formula is C20H25FN6O4. The largest absolute Gasteiger partial charge is 0.450 e. The molecule has 166 valence electrons. The van der Waals surface area contributed by atoms with Crippen LogP contribution >= 0.6 is 0 Å². The Morgan fingerprint density at radius 2 is 2.06 bits per heavy atom. The Bertz CT molecular complexity index is 959. The van der Waals surface area contributed by atoms with E-state index < -0.39 is 18.0 Å². The Morgan fingerprint density at radius 1 is 1.29 bits per heavy atom. The second kappa shape index (κ2) is 8.78. The number of nitrogens with zero attached hydrogens (tertiary/aromatic N) is 6. The van der Waals surface area contributed by atoms with Gasteiger partial charge in [-0.1, -0.05) is 5.21 Å². The zero-order valence-electron chi connectivity index (χ0n) is 17.5. The Kier molecular flexibility index (Phi) is 5.92. The van der Waals surface area contributed by atoms with E-state index in [2.05, 4.69) is 10.3 Å². The summed E-state index contributed by atoms with van der Waals surface area (Å²) in [6.45, 7) is 6.53. The normalized spacial score (nSPS) is 19.0. The van der Waals surface area contributed by atoms with Gasteiger partial charge in [0.2, 0.25) is 0 Å². The average Bonchev–Trinajstić information content (AvgIpc) is 3.33. The molecule has 4 rings (SSSR count). The summed E-state index contributed by atoms with van der Waals surface area (Å²) in [6.07, 6.45) is 0.512. The highest BCUT2D eigenvalue weighted by Gasteiger charge is 2.33. The van der Waals surface area contributed by atoms with E-state index in [9.17, 15) is 14.0 Å². The molecule has 11 heteroatoms. The number of rotatable bonds is 5. The lowest BCUT2D eigenvalue weighted by atomic mass is 10.2. The zero-order chi connectivity index (χ0) is 22.0. The van der Waals surface area contributed by atoms with Crippen molar-refractivity contribution in [3.05, 3.63) is 35.9 Å². The number of hydrogen-bond acceptors (Lipinski definition) is 7. The summed E-state index contributed by atoms with van der Waals surface area (Å²) in [6, 6.07) is 4.71. The third-order valence-electron chi connectivity index (χ3n) is 5.31. The lowest BCUT2D eigenvalue weighted by Gasteiger charge is -2.35. The van der Waals surface area contributed by atoms with Crippen LogP contribution in [0, 0.1) is 12.7 Å². The Hall–Kier alpha value is -3.37. The molecule has 1 aromatic carbocycles. The van der Waals surface area contributed by atoms with Gasteiger partial charge in [0.15, 0.2) is 0 Å². The van der Waals surface area contributed by atoms with Gasteiger partial charge >= 0.3 is 12.2 Å². The fourth-order valence-electron chi connectivity index (χ4n) is 3.79. The number of aromatic nitrogens is 3. The van der Waals surface area contributed by atoms with Crippen molar-refractivity contribution in [1.82, 2.24) is 19.9 Å². The van der Waals surface area contributed by atoms with E-state index in [0.717, 1.165) is 5.69 Å². The summed E-state index contributed by atoms with van der Waals surface area (Å²) >= 11 is 0. The highest BCUT2D eigenvalue weighted by Crippen LogP contribution is 2.29. The molecule has 2 fully saturated rings. The predicted molar refractivity (Wildman–Crippen MR) is 110 cm³/mol. The van der Waals surface area contributed by atoms with Crippen LogP contribution in [0.2, 0.25) is 0 Å². The number of ether oxygens (including phenoxy) is 2. The van der Waals surface area contributed by atoms with Gasteiger partial charge in [-0.15, -0.1) is 5.10 Å². The SMILES string of the molecule is CCOC(=O)N1CCN(c2ccc(N3C[C@H](Cn4cc(C)nn4)OC3=O)cc2F)CC1.